The number of hydrogen-bond donors (Lipinski definition) is 2. The van der Waals surface area contributed by atoms with Crippen LogP contribution < -0.4 is 10.2 Å². The van der Waals surface area contributed by atoms with Crippen LogP contribution in [0.4, 0.5) is 0 Å². The van der Waals surface area contributed by atoms with Gasteiger partial charge in [-0.15, -0.1) is 23.5 Å². The third-order valence-corrected chi connectivity index (χ3v) is 2.67. The first-order valence-electron chi connectivity index (χ1n) is 4.24. The zero-order valence-electron chi connectivity index (χ0n) is 9.70. The maximum Gasteiger partial charge on any atom is 2.00 e. The zero-order valence-corrected chi connectivity index (χ0v) is 12.7. The van der Waals surface area contributed by atoms with Crippen LogP contribution in [0, 0.1) is 0 Å². The fourth-order valence-corrected chi connectivity index (χ4v) is 1.33. The summed E-state index contributed by atoms with van der Waals surface area (Å²) in [4.78, 5) is 38.8. The van der Waals surface area contributed by atoms with E-state index in [1.165, 1.54) is 0 Å². The van der Waals surface area contributed by atoms with Crippen LogP contribution in [0.1, 0.15) is 0 Å². The predicted octanol–water partition coefficient (Wildman–Crippen LogP) is -3.27. The van der Waals surface area contributed by atoms with Gasteiger partial charge in [0.05, 0.1) is 23.4 Å². The largest absolute Gasteiger partial charge is 2.00 e. The van der Waals surface area contributed by atoms with Gasteiger partial charge in [0.2, 0.25) is 0 Å². The molecule has 19 heavy (non-hydrogen) atoms. The summed E-state index contributed by atoms with van der Waals surface area (Å²) in [5.41, 5.74) is 0. The van der Waals surface area contributed by atoms with Gasteiger partial charge in [0, 0.05) is 11.5 Å². The van der Waals surface area contributed by atoms with Crippen molar-refractivity contribution in [2.75, 3.05) is 23.0 Å². The van der Waals surface area contributed by atoms with Crippen molar-refractivity contribution in [2.45, 2.75) is 0 Å². The first kappa shape index (κ1) is 23.4. The van der Waals surface area contributed by atoms with E-state index in [4.69, 9.17) is 10.2 Å². The van der Waals surface area contributed by atoms with E-state index < -0.39 is 23.9 Å². The zero-order chi connectivity index (χ0) is 14.6. The number of rotatable bonds is 8. The van der Waals surface area contributed by atoms with Crippen molar-refractivity contribution in [3.05, 3.63) is 0 Å². The molecule has 0 rings (SSSR count). The average Bonchev–Trinajstić information content (AvgIpc) is 2.15. The summed E-state index contributed by atoms with van der Waals surface area (Å²) < 4.78 is 0. The molecule has 8 nitrogen and oxygen atoms in total. The van der Waals surface area contributed by atoms with E-state index >= 15 is 0 Å². The molecule has 0 spiro atoms. The standard InChI is InChI=1S/2C4H6O4S.Mg/c2*5-3(6)1-9-2-4(7)8;/h2*1-2H2,(H,5,6)(H,7,8);/q;;+2/p-2. The van der Waals surface area contributed by atoms with Crippen molar-refractivity contribution < 1.29 is 39.6 Å². The molecule has 0 bridgehead atoms. The predicted molar refractivity (Wildman–Crippen MR) is 65.7 cm³/mol. The number of carboxylic acids is 4. The van der Waals surface area contributed by atoms with Crippen LogP contribution in [0.3, 0.4) is 0 Å². The van der Waals surface area contributed by atoms with E-state index in [0.29, 0.717) is 0 Å². The van der Waals surface area contributed by atoms with Crippen molar-refractivity contribution in [3.63, 3.8) is 0 Å². The van der Waals surface area contributed by atoms with Gasteiger partial charge in [-0.1, -0.05) is 0 Å². The number of thioether (sulfide) groups is 2. The maximum absolute atomic E-state index is 9.75. The van der Waals surface area contributed by atoms with E-state index in [-0.39, 0.29) is 46.1 Å². The van der Waals surface area contributed by atoms with Gasteiger partial charge in [-0.3, -0.25) is 9.59 Å². The van der Waals surface area contributed by atoms with Gasteiger partial charge < -0.3 is 30.0 Å². The molecular formula is C8H10MgO8S2. The van der Waals surface area contributed by atoms with E-state index in [1.54, 1.807) is 0 Å². The van der Waals surface area contributed by atoms with E-state index in [0.717, 1.165) is 23.5 Å². The number of hydrogen-bond acceptors (Lipinski definition) is 8. The van der Waals surface area contributed by atoms with Crippen LogP contribution in [-0.4, -0.2) is 80.2 Å². The van der Waals surface area contributed by atoms with Crippen molar-refractivity contribution in [2.24, 2.45) is 0 Å². The second kappa shape index (κ2) is 15.4. The smallest absolute Gasteiger partial charge is 0.549 e. The van der Waals surface area contributed by atoms with Gasteiger partial charge in [-0.05, 0) is 0 Å². The molecule has 0 atom stereocenters. The van der Waals surface area contributed by atoms with Gasteiger partial charge >= 0.3 is 35.0 Å². The van der Waals surface area contributed by atoms with E-state index in [9.17, 15) is 29.4 Å². The van der Waals surface area contributed by atoms with Crippen molar-refractivity contribution >= 4 is 70.5 Å². The Hall–Kier alpha value is -0.654. The van der Waals surface area contributed by atoms with Gasteiger partial charge in [-0.2, -0.15) is 0 Å². The molecule has 0 heterocycles. The molecule has 2 N–H and O–H groups in total. The second-order valence-electron chi connectivity index (χ2n) is 2.52. The quantitative estimate of drug-likeness (QED) is 0.435. The monoisotopic (exact) mass is 322 g/mol. The Morgan fingerprint density at radius 3 is 1.16 bits per heavy atom. The Morgan fingerprint density at radius 1 is 0.737 bits per heavy atom. The van der Waals surface area contributed by atoms with Crippen LogP contribution in [0.15, 0.2) is 0 Å². The third kappa shape index (κ3) is 31.7. The topological polar surface area (TPSA) is 155 Å². The SMILES string of the molecule is O=C([O-])CSCC(=O)O.O=C([O-])CSCC(=O)O.[Mg+2]. The van der Waals surface area contributed by atoms with Crippen LogP contribution in [0.5, 0.6) is 0 Å². The third-order valence-electron chi connectivity index (χ3n) is 0.891. The summed E-state index contributed by atoms with van der Waals surface area (Å²) >= 11 is 1.62. The van der Waals surface area contributed by atoms with Crippen LogP contribution in [0.25, 0.3) is 0 Å². The Labute approximate surface area is 133 Å². The van der Waals surface area contributed by atoms with Gasteiger partial charge in [0.1, 0.15) is 0 Å². The minimum Gasteiger partial charge on any atom is -0.549 e. The van der Waals surface area contributed by atoms with Crippen molar-refractivity contribution in [3.8, 4) is 0 Å². The first-order chi connectivity index (χ1) is 8.25. The Bertz CT molecular complexity index is 251. The molecule has 0 saturated heterocycles. The number of carbonyl (C=O) groups is 4. The van der Waals surface area contributed by atoms with Gasteiger partial charge in [-0.25, -0.2) is 0 Å². The molecule has 0 aliphatic rings. The maximum atomic E-state index is 9.75. The molecule has 0 unspecified atom stereocenters. The molecule has 104 valence electrons. The Morgan fingerprint density at radius 2 is 1.00 bits per heavy atom. The van der Waals surface area contributed by atoms with E-state index in [1.807, 2.05) is 0 Å². The molecule has 0 aliphatic carbocycles. The fraction of sp³-hybridized carbons (Fsp3) is 0.500. The molecule has 0 aromatic rings. The molecule has 0 aromatic heterocycles. The molecule has 11 heteroatoms. The molecular weight excluding hydrogens is 313 g/mol. The molecule has 0 aromatic carbocycles. The first-order valence-corrected chi connectivity index (χ1v) is 6.55. The van der Waals surface area contributed by atoms with Crippen LogP contribution in [-0.2, 0) is 19.2 Å². The summed E-state index contributed by atoms with van der Waals surface area (Å²) in [6.07, 6.45) is 0. The summed E-state index contributed by atoms with van der Waals surface area (Å²) in [6.45, 7) is 0. The Kier molecular flexibility index (Phi) is 19.0. The van der Waals surface area contributed by atoms with Crippen molar-refractivity contribution in [1.82, 2.24) is 0 Å². The summed E-state index contributed by atoms with van der Waals surface area (Å²) in [5, 5.41) is 35.3. The molecule has 0 fully saturated rings. The van der Waals surface area contributed by atoms with Crippen LogP contribution >= 0.6 is 23.5 Å². The summed E-state index contributed by atoms with van der Waals surface area (Å²) in [5.74, 6) is -5.38. The van der Waals surface area contributed by atoms with Crippen LogP contribution in [0.2, 0.25) is 0 Å². The average molecular weight is 323 g/mol. The summed E-state index contributed by atoms with van der Waals surface area (Å²) in [6, 6.07) is 0. The van der Waals surface area contributed by atoms with E-state index in [2.05, 4.69) is 0 Å². The number of carbonyl (C=O) groups excluding carboxylic acids is 2. The normalized spacial score (nSPS) is 8.42. The molecule has 0 radical (unpaired) electrons. The van der Waals surface area contributed by atoms with Crippen molar-refractivity contribution in [1.29, 1.82) is 0 Å². The minimum absolute atomic E-state index is 0. The Balaban J connectivity index is -0.000000256. The molecule has 0 aliphatic heterocycles. The number of carboxylic acid groups (broad SMARTS) is 4. The molecule has 0 amide bonds. The molecule has 0 saturated carbocycles. The van der Waals surface area contributed by atoms with Gasteiger partial charge in [0.15, 0.2) is 0 Å². The minimum atomic E-state index is -1.23. The summed E-state index contributed by atoms with van der Waals surface area (Å²) in [7, 11) is 0. The second-order valence-corrected chi connectivity index (χ2v) is 4.49. The number of aliphatic carboxylic acids is 4. The fourth-order valence-electron chi connectivity index (χ4n) is 0.443. The van der Waals surface area contributed by atoms with Gasteiger partial charge in [0.25, 0.3) is 0 Å².